The van der Waals surface area contributed by atoms with Crippen LogP contribution in [0.4, 0.5) is 0 Å². The van der Waals surface area contributed by atoms with Gasteiger partial charge in [0.25, 0.3) is 0 Å². The number of aliphatic hydroxyl groups is 1. The summed E-state index contributed by atoms with van der Waals surface area (Å²) in [6.07, 6.45) is 2.63. The molecule has 228 valence electrons. The summed E-state index contributed by atoms with van der Waals surface area (Å²) in [7, 11) is -0.873. The maximum absolute atomic E-state index is 13.7. The quantitative estimate of drug-likeness (QED) is 0.294. The van der Waals surface area contributed by atoms with Crippen molar-refractivity contribution >= 4 is 8.32 Å². The van der Waals surface area contributed by atoms with Crippen LogP contribution in [0.2, 0.25) is 18.1 Å². The number of nitriles is 1. The average molecular weight is 600 g/mol. The Bertz CT molecular complexity index is 1510. The highest BCUT2D eigenvalue weighted by atomic mass is 28.4. The highest BCUT2D eigenvalue weighted by Gasteiger charge is 2.77. The maximum Gasteiger partial charge on any atom is 0.192 e. The van der Waals surface area contributed by atoms with Gasteiger partial charge >= 0.3 is 0 Å². The van der Waals surface area contributed by atoms with Gasteiger partial charge in [-0.15, -0.1) is 0 Å². The van der Waals surface area contributed by atoms with Gasteiger partial charge in [-0.25, -0.2) is 0 Å². The SMILES string of the molecule is COc1cncc2c1[C@]1(O)C(O[Si](C)(C)C(C)(C)C)[C@H](CNC(C)(C)C)[C@@H](c3ccccc3)[C@]1(c1ccc(C#N)cc1)O2. The predicted molar refractivity (Wildman–Crippen MR) is 171 cm³/mol. The van der Waals surface area contributed by atoms with Gasteiger partial charge in [0.05, 0.1) is 42.8 Å². The van der Waals surface area contributed by atoms with Gasteiger partial charge in [0.1, 0.15) is 11.5 Å². The fourth-order valence-electron chi connectivity index (χ4n) is 6.62. The van der Waals surface area contributed by atoms with Crippen molar-refractivity contribution in [3.63, 3.8) is 0 Å². The third-order valence-electron chi connectivity index (χ3n) is 9.68. The minimum Gasteiger partial charge on any atom is -0.495 e. The third-order valence-corrected chi connectivity index (χ3v) is 14.1. The summed E-state index contributed by atoms with van der Waals surface area (Å²) >= 11 is 0. The van der Waals surface area contributed by atoms with Crippen LogP contribution in [0.15, 0.2) is 67.0 Å². The Balaban J connectivity index is 1.89. The van der Waals surface area contributed by atoms with Crippen LogP contribution < -0.4 is 14.8 Å². The van der Waals surface area contributed by atoms with Crippen LogP contribution >= 0.6 is 0 Å². The molecule has 7 nitrogen and oxygen atoms in total. The standard InChI is InChI=1S/C35H45N3O4Si/c1-32(2,3)38-20-26-29(24-13-11-10-12-14-24)35(25-17-15-23(19-36)16-18-25)34(39,31(26)42-43(8,9)33(4,5)6)30-27(40-7)21-37-22-28(30)41-35/h10-18,21-22,26,29,31,38-39H,20H2,1-9H3/t26-,29-,31?,34+,35+/m1/s1. The highest BCUT2D eigenvalue weighted by molar-refractivity contribution is 6.74. The van der Waals surface area contributed by atoms with Crippen LogP contribution in [-0.2, 0) is 15.6 Å². The van der Waals surface area contributed by atoms with Gasteiger partial charge in [-0.05, 0) is 62.2 Å². The molecule has 0 spiro atoms. The van der Waals surface area contributed by atoms with Crippen molar-refractivity contribution in [3.05, 3.63) is 89.2 Å². The number of nitrogens with zero attached hydrogens (tertiary/aromatic N) is 2. The number of methoxy groups -OCH3 is 1. The minimum atomic E-state index is -2.46. The number of rotatable bonds is 7. The van der Waals surface area contributed by atoms with E-state index in [1.165, 1.54) is 0 Å². The molecular formula is C35H45N3O4Si. The monoisotopic (exact) mass is 599 g/mol. The van der Waals surface area contributed by atoms with E-state index in [9.17, 15) is 10.4 Å². The van der Waals surface area contributed by atoms with Gasteiger partial charge < -0.3 is 24.3 Å². The molecule has 1 saturated carbocycles. The first-order valence-corrected chi connectivity index (χ1v) is 17.9. The Morgan fingerprint density at radius 2 is 1.67 bits per heavy atom. The van der Waals surface area contributed by atoms with Gasteiger partial charge in [-0.1, -0.05) is 63.2 Å². The van der Waals surface area contributed by atoms with E-state index in [1.807, 2.05) is 30.3 Å². The molecule has 1 aliphatic carbocycles. The highest BCUT2D eigenvalue weighted by Crippen LogP contribution is 2.70. The summed E-state index contributed by atoms with van der Waals surface area (Å²) in [5, 5.41) is 27.0. The van der Waals surface area contributed by atoms with E-state index in [-0.39, 0.29) is 22.4 Å². The lowest BCUT2D eigenvalue weighted by Crippen LogP contribution is -2.56. The summed E-state index contributed by atoms with van der Waals surface area (Å²) in [6, 6.07) is 19.9. The Kier molecular flexibility index (Phi) is 7.80. The average Bonchev–Trinajstić information content (AvgIpc) is 3.33. The number of ether oxygens (including phenoxy) is 2. The second-order valence-corrected chi connectivity index (χ2v) is 19.2. The molecule has 5 atom stereocenters. The number of fused-ring (bicyclic) bond motifs is 3. The van der Waals surface area contributed by atoms with E-state index in [4.69, 9.17) is 13.9 Å². The molecule has 0 amide bonds. The van der Waals surface area contributed by atoms with Crippen LogP contribution in [0, 0.1) is 17.2 Å². The van der Waals surface area contributed by atoms with Gasteiger partial charge in [0.2, 0.25) is 0 Å². The lowest BCUT2D eigenvalue weighted by molar-refractivity contribution is -0.148. The van der Waals surface area contributed by atoms with E-state index in [0.29, 0.717) is 29.2 Å². The van der Waals surface area contributed by atoms with Crippen LogP contribution in [-0.4, -0.2) is 43.7 Å². The maximum atomic E-state index is 13.7. The second-order valence-electron chi connectivity index (χ2n) is 14.5. The zero-order valence-electron chi connectivity index (χ0n) is 26.9. The smallest absolute Gasteiger partial charge is 0.192 e. The van der Waals surface area contributed by atoms with Gasteiger partial charge in [-0.2, -0.15) is 5.26 Å². The Hall–Kier alpha value is -3.22. The molecule has 8 heteroatoms. The van der Waals surface area contributed by atoms with Crippen molar-refractivity contribution in [2.45, 2.75) is 88.4 Å². The molecule has 0 radical (unpaired) electrons. The van der Waals surface area contributed by atoms with Crippen molar-refractivity contribution < 1.29 is 19.0 Å². The Morgan fingerprint density at radius 1 is 1.02 bits per heavy atom. The summed E-state index contributed by atoms with van der Waals surface area (Å²) in [5.41, 5.74) is -0.255. The zero-order chi connectivity index (χ0) is 31.4. The van der Waals surface area contributed by atoms with Gasteiger partial charge in [0, 0.05) is 23.9 Å². The van der Waals surface area contributed by atoms with Crippen molar-refractivity contribution in [2.75, 3.05) is 13.7 Å². The zero-order valence-corrected chi connectivity index (χ0v) is 27.9. The second kappa shape index (κ2) is 10.7. The first-order valence-electron chi connectivity index (χ1n) is 15.0. The molecule has 2 N–H and O–H groups in total. The van der Waals surface area contributed by atoms with Crippen LogP contribution in [0.25, 0.3) is 0 Å². The molecule has 1 aromatic heterocycles. The number of hydrogen-bond acceptors (Lipinski definition) is 7. The van der Waals surface area contributed by atoms with Crippen molar-refractivity contribution in [2.24, 2.45) is 5.92 Å². The van der Waals surface area contributed by atoms with Crippen LogP contribution in [0.5, 0.6) is 11.5 Å². The van der Waals surface area contributed by atoms with E-state index < -0.39 is 25.6 Å². The number of hydrogen-bond donors (Lipinski definition) is 2. The molecule has 1 aliphatic heterocycles. The third kappa shape index (κ3) is 4.97. The predicted octanol–water partition coefficient (Wildman–Crippen LogP) is 6.63. The first-order chi connectivity index (χ1) is 20.1. The van der Waals surface area contributed by atoms with E-state index >= 15 is 0 Å². The molecule has 3 aromatic rings. The Morgan fingerprint density at radius 3 is 2.23 bits per heavy atom. The number of aromatic nitrogens is 1. The van der Waals surface area contributed by atoms with E-state index in [0.717, 1.165) is 11.1 Å². The molecule has 1 fully saturated rings. The fourth-order valence-corrected chi connectivity index (χ4v) is 7.95. The molecule has 5 rings (SSSR count). The largest absolute Gasteiger partial charge is 0.495 e. The molecule has 2 aromatic carbocycles. The Labute approximate surface area is 257 Å². The molecular weight excluding hydrogens is 554 g/mol. The van der Waals surface area contributed by atoms with Crippen LogP contribution in [0.1, 0.15) is 69.7 Å². The van der Waals surface area contributed by atoms with Crippen molar-refractivity contribution in [1.29, 1.82) is 5.26 Å². The molecule has 0 bridgehead atoms. The number of benzene rings is 2. The van der Waals surface area contributed by atoms with Gasteiger partial charge in [0.15, 0.2) is 19.5 Å². The van der Waals surface area contributed by atoms with Gasteiger partial charge in [-0.3, -0.25) is 4.98 Å². The number of nitrogens with one attached hydrogen (secondary N) is 1. The van der Waals surface area contributed by atoms with E-state index in [1.54, 1.807) is 31.6 Å². The molecule has 2 aliphatic rings. The molecule has 1 unspecified atom stereocenters. The fraction of sp³-hybridized carbons (Fsp3) is 0.486. The molecule has 43 heavy (non-hydrogen) atoms. The summed E-state index contributed by atoms with van der Waals surface area (Å²) in [4.78, 5) is 4.41. The summed E-state index contributed by atoms with van der Waals surface area (Å²) in [5.74, 6) is 0.379. The van der Waals surface area contributed by atoms with Crippen molar-refractivity contribution in [3.8, 4) is 17.6 Å². The van der Waals surface area contributed by atoms with E-state index in [2.05, 4.69) is 83.1 Å². The topological polar surface area (TPSA) is 96.6 Å². The summed E-state index contributed by atoms with van der Waals surface area (Å²) in [6.45, 7) is 18.1. The minimum absolute atomic E-state index is 0.113. The molecule has 2 heterocycles. The summed E-state index contributed by atoms with van der Waals surface area (Å²) < 4.78 is 20.4. The van der Waals surface area contributed by atoms with Crippen LogP contribution in [0.3, 0.4) is 0 Å². The normalized spacial score (nSPS) is 26.8. The first kappa shape index (κ1) is 31.2. The molecule has 0 saturated heterocycles. The number of pyridine rings is 1. The lowest BCUT2D eigenvalue weighted by Gasteiger charge is -2.45. The lowest BCUT2D eigenvalue weighted by atomic mass is 9.70. The van der Waals surface area contributed by atoms with Crippen molar-refractivity contribution in [1.82, 2.24) is 10.3 Å².